The van der Waals surface area contributed by atoms with E-state index in [2.05, 4.69) is 47.2 Å². The Morgan fingerprint density at radius 3 is 2.74 bits per heavy atom. The van der Waals surface area contributed by atoms with Crippen LogP contribution in [0.1, 0.15) is 51.2 Å². The van der Waals surface area contributed by atoms with Crippen LogP contribution in [0.2, 0.25) is 0 Å². The van der Waals surface area contributed by atoms with Crippen molar-refractivity contribution in [3.63, 3.8) is 0 Å². The van der Waals surface area contributed by atoms with E-state index in [1.165, 1.54) is 5.69 Å². The van der Waals surface area contributed by atoms with Gasteiger partial charge in [0.15, 0.2) is 5.16 Å². The molecule has 0 amide bonds. The highest BCUT2D eigenvalue weighted by Gasteiger charge is 2.17. The highest BCUT2D eigenvalue weighted by Crippen LogP contribution is 2.29. The minimum Gasteiger partial charge on any atom is -0.449 e. The van der Waals surface area contributed by atoms with Gasteiger partial charge in [-0.3, -0.25) is 4.79 Å². The van der Waals surface area contributed by atoms with Crippen LogP contribution in [-0.4, -0.2) is 19.5 Å². The number of aromatic nitrogens is 4. The maximum atomic E-state index is 12.4. The number of thioether (sulfide) groups is 1. The number of para-hydroxylation sites is 1. The van der Waals surface area contributed by atoms with Crippen LogP contribution in [0.4, 0.5) is 0 Å². The average molecular weight is 382 g/mol. The second-order valence-corrected chi connectivity index (χ2v) is 8.10. The van der Waals surface area contributed by atoms with Crippen LogP contribution in [-0.2, 0) is 5.75 Å². The number of benzene rings is 1. The van der Waals surface area contributed by atoms with E-state index in [9.17, 15) is 4.79 Å². The molecule has 4 aromatic rings. The Labute approximate surface area is 161 Å². The third kappa shape index (κ3) is 3.16. The molecule has 140 valence electrons. The lowest BCUT2D eigenvalue weighted by Crippen LogP contribution is -2.11. The van der Waals surface area contributed by atoms with Crippen molar-refractivity contribution in [3.8, 4) is 0 Å². The van der Waals surface area contributed by atoms with Crippen molar-refractivity contribution in [2.75, 3.05) is 0 Å². The Morgan fingerprint density at radius 2 is 2.00 bits per heavy atom. The first-order valence-electron chi connectivity index (χ1n) is 9.06. The fourth-order valence-corrected chi connectivity index (χ4v) is 4.24. The monoisotopic (exact) mass is 382 g/mol. The van der Waals surface area contributed by atoms with Crippen LogP contribution in [0.25, 0.3) is 22.1 Å². The van der Waals surface area contributed by atoms with E-state index < -0.39 is 0 Å². The highest BCUT2D eigenvalue weighted by molar-refractivity contribution is 7.98. The van der Waals surface area contributed by atoms with Gasteiger partial charge >= 0.3 is 0 Å². The molecule has 4 rings (SSSR count). The van der Waals surface area contributed by atoms with E-state index >= 15 is 0 Å². The van der Waals surface area contributed by atoms with Gasteiger partial charge in [-0.25, -0.2) is 9.97 Å². The molecule has 3 heterocycles. The molecule has 0 saturated heterocycles. The highest BCUT2D eigenvalue weighted by atomic mass is 32.2. The third-order valence-corrected chi connectivity index (χ3v) is 5.50. The Kier molecular flexibility index (Phi) is 4.55. The van der Waals surface area contributed by atoms with Crippen LogP contribution in [0.3, 0.4) is 0 Å². The number of H-pyrrole nitrogens is 1. The summed E-state index contributed by atoms with van der Waals surface area (Å²) >= 11 is 1.58. The number of hydrogen-bond acceptors (Lipinski definition) is 5. The number of fused-ring (bicyclic) bond motifs is 3. The first kappa shape index (κ1) is 17.9. The van der Waals surface area contributed by atoms with Gasteiger partial charge in [0.05, 0.1) is 5.75 Å². The molecular formula is C20H22N4O2S. The predicted molar refractivity (Wildman–Crippen MR) is 108 cm³/mol. The maximum absolute atomic E-state index is 12.4. The van der Waals surface area contributed by atoms with Crippen molar-refractivity contribution in [2.24, 2.45) is 0 Å². The summed E-state index contributed by atoms with van der Waals surface area (Å²) in [5.41, 5.74) is 2.52. The van der Waals surface area contributed by atoms with Crippen molar-refractivity contribution in [1.29, 1.82) is 0 Å². The molecule has 1 aromatic carbocycles. The fourth-order valence-electron chi connectivity index (χ4n) is 3.26. The smallest absolute Gasteiger partial charge is 0.294 e. The van der Waals surface area contributed by atoms with E-state index in [-0.39, 0.29) is 11.1 Å². The molecule has 0 aliphatic rings. The fraction of sp³-hybridized carbons (Fsp3) is 0.350. The molecule has 0 saturated carbocycles. The number of rotatable bonds is 5. The SMILES string of the molecule is CC(C)c1cnc(SCc2nc3c(oc4ccccc43)c(=O)[nH]2)n1C(C)C. The lowest BCUT2D eigenvalue weighted by Gasteiger charge is -2.17. The summed E-state index contributed by atoms with van der Waals surface area (Å²) in [7, 11) is 0. The van der Waals surface area contributed by atoms with Crippen LogP contribution in [0.15, 0.2) is 44.8 Å². The van der Waals surface area contributed by atoms with Gasteiger partial charge < -0.3 is 14.0 Å². The zero-order chi connectivity index (χ0) is 19.1. The van der Waals surface area contributed by atoms with Gasteiger partial charge in [0.1, 0.15) is 16.9 Å². The van der Waals surface area contributed by atoms with E-state index in [1.807, 2.05) is 30.5 Å². The molecule has 0 aliphatic carbocycles. The predicted octanol–water partition coefficient (Wildman–Crippen LogP) is 4.86. The van der Waals surface area contributed by atoms with Gasteiger partial charge in [0.2, 0.25) is 5.58 Å². The number of aromatic amines is 1. The summed E-state index contributed by atoms with van der Waals surface area (Å²) in [6.45, 7) is 8.64. The van der Waals surface area contributed by atoms with Crippen molar-refractivity contribution < 1.29 is 4.42 Å². The second-order valence-electron chi connectivity index (χ2n) is 7.16. The van der Waals surface area contributed by atoms with Gasteiger partial charge in [0.25, 0.3) is 5.56 Å². The molecule has 0 radical (unpaired) electrons. The van der Waals surface area contributed by atoms with Crippen molar-refractivity contribution in [3.05, 3.63) is 52.3 Å². The molecule has 7 heteroatoms. The normalized spacial score (nSPS) is 12.1. The molecule has 0 bridgehead atoms. The molecule has 27 heavy (non-hydrogen) atoms. The van der Waals surface area contributed by atoms with E-state index in [1.54, 1.807) is 11.8 Å². The minimum atomic E-state index is -0.248. The van der Waals surface area contributed by atoms with Gasteiger partial charge in [-0.1, -0.05) is 37.7 Å². The molecule has 0 aliphatic heterocycles. The number of furan rings is 1. The number of imidazole rings is 1. The van der Waals surface area contributed by atoms with Crippen molar-refractivity contribution in [2.45, 2.75) is 50.6 Å². The first-order chi connectivity index (χ1) is 13.0. The van der Waals surface area contributed by atoms with Gasteiger partial charge in [-0.05, 0) is 31.9 Å². The lowest BCUT2D eigenvalue weighted by molar-refractivity contribution is 0.515. The summed E-state index contributed by atoms with van der Waals surface area (Å²) in [6.07, 6.45) is 1.94. The summed E-state index contributed by atoms with van der Waals surface area (Å²) in [4.78, 5) is 24.5. The topological polar surface area (TPSA) is 76.7 Å². The van der Waals surface area contributed by atoms with Crippen LogP contribution >= 0.6 is 11.8 Å². The summed E-state index contributed by atoms with van der Waals surface area (Å²) in [5.74, 6) is 1.56. The van der Waals surface area contributed by atoms with Gasteiger partial charge in [-0.15, -0.1) is 0 Å². The van der Waals surface area contributed by atoms with Crippen LogP contribution < -0.4 is 5.56 Å². The summed E-state index contributed by atoms with van der Waals surface area (Å²) < 4.78 is 7.90. The third-order valence-electron chi connectivity index (χ3n) is 4.52. The Bertz CT molecular complexity index is 1170. The average Bonchev–Trinajstić information content (AvgIpc) is 3.22. The van der Waals surface area contributed by atoms with Crippen LogP contribution in [0, 0.1) is 0 Å². The van der Waals surface area contributed by atoms with Gasteiger partial charge in [-0.2, -0.15) is 0 Å². The number of hydrogen-bond donors (Lipinski definition) is 1. The maximum Gasteiger partial charge on any atom is 0.294 e. The number of nitrogens with zero attached hydrogens (tertiary/aromatic N) is 3. The molecule has 0 fully saturated rings. The molecule has 0 atom stereocenters. The van der Waals surface area contributed by atoms with Crippen LogP contribution in [0.5, 0.6) is 0 Å². The molecule has 0 unspecified atom stereocenters. The van der Waals surface area contributed by atoms with E-state index in [4.69, 9.17) is 4.42 Å². The zero-order valence-electron chi connectivity index (χ0n) is 15.8. The van der Waals surface area contributed by atoms with Crippen molar-refractivity contribution in [1.82, 2.24) is 19.5 Å². The quantitative estimate of drug-likeness (QED) is 0.499. The van der Waals surface area contributed by atoms with E-state index in [0.29, 0.717) is 34.6 Å². The molecule has 3 aromatic heterocycles. The summed E-state index contributed by atoms with van der Waals surface area (Å²) in [5, 5.41) is 1.80. The molecule has 1 N–H and O–H groups in total. The zero-order valence-corrected chi connectivity index (χ0v) is 16.6. The Morgan fingerprint density at radius 1 is 1.22 bits per heavy atom. The first-order valence-corrected chi connectivity index (χ1v) is 10.0. The molecular weight excluding hydrogens is 360 g/mol. The second kappa shape index (κ2) is 6.88. The number of nitrogens with one attached hydrogen (secondary N) is 1. The standard InChI is InChI=1S/C20H22N4O2S/c1-11(2)14-9-21-20(24(14)12(3)4)27-10-16-22-17-13-7-5-6-8-15(13)26-18(17)19(25)23-16/h5-9,11-12H,10H2,1-4H3,(H,22,23,25). The van der Waals surface area contributed by atoms with Gasteiger partial charge in [0, 0.05) is 23.3 Å². The Hall–Kier alpha value is -2.54. The summed E-state index contributed by atoms with van der Waals surface area (Å²) in [6, 6.07) is 7.89. The molecule has 0 spiro atoms. The van der Waals surface area contributed by atoms with Crippen molar-refractivity contribution >= 4 is 33.8 Å². The minimum absolute atomic E-state index is 0.248. The Balaban J connectivity index is 1.69. The molecule has 6 nitrogen and oxygen atoms in total. The van der Waals surface area contributed by atoms with E-state index in [0.717, 1.165) is 10.5 Å². The largest absolute Gasteiger partial charge is 0.449 e. The lowest BCUT2D eigenvalue weighted by atomic mass is 10.1.